The molecule has 0 spiro atoms. The Balaban J connectivity index is 2.58. The molecule has 0 amide bonds. The molecular formula is C9H17NO4S2. The highest BCUT2D eigenvalue weighted by molar-refractivity contribution is 8.00. The predicted molar refractivity (Wildman–Crippen MR) is 64.2 cm³/mol. The molecule has 1 atom stereocenters. The fourth-order valence-electron chi connectivity index (χ4n) is 1.60. The summed E-state index contributed by atoms with van der Waals surface area (Å²) in [6.07, 6.45) is 1.49. The van der Waals surface area contributed by atoms with Gasteiger partial charge in [0.15, 0.2) is 9.84 Å². The first-order valence-electron chi connectivity index (χ1n) is 5.02. The highest BCUT2D eigenvalue weighted by Crippen LogP contribution is 2.20. The van der Waals surface area contributed by atoms with Gasteiger partial charge in [-0.3, -0.25) is 9.69 Å². The van der Waals surface area contributed by atoms with Crippen LogP contribution in [0.3, 0.4) is 0 Å². The number of hydrogen-bond donors (Lipinski definition) is 0. The lowest BCUT2D eigenvalue weighted by Crippen LogP contribution is -2.47. The van der Waals surface area contributed by atoms with E-state index in [1.165, 1.54) is 13.4 Å². The van der Waals surface area contributed by atoms with Crippen LogP contribution in [0.5, 0.6) is 0 Å². The number of rotatable bonds is 4. The summed E-state index contributed by atoms with van der Waals surface area (Å²) < 4.78 is 27.6. The van der Waals surface area contributed by atoms with Crippen LogP contribution in [-0.2, 0) is 19.4 Å². The number of thioether (sulfide) groups is 1. The molecule has 5 nitrogen and oxygen atoms in total. The molecular weight excluding hydrogens is 250 g/mol. The van der Waals surface area contributed by atoms with Gasteiger partial charge in [0.2, 0.25) is 0 Å². The van der Waals surface area contributed by atoms with E-state index in [4.69, 9.17) is 0 Å². The Morgan fingerprint density at radius 2 is 2.25 bits per heavy atom. The Kier molecular flexibility index (Phi) is 5.07. The molecule has 1 heterocycles. The average molecular weight is 267 g/mol. The van der Waals surface area contributed by atoms with Crippen LogP contribution in [0, 0.1) is 0 Å². The molecule has 1 rings (SSSR count). The smallest absolute Gasteiger partial charge is 0.306 e. The number of esters is 1. The van der Waals surface area contributed by atoms with Gasteiger partial charge in [-0.2, -0.15) is 11.8 Å². The first kappa shape index (κ1) is 13.8. The zero-order chi connectivity index (χ0) is 12.2. The summed E-state index contributed by atoms with van der Waals surface area (Å²) in [6.45, 7) is 1.16. The van der Waals surface area contributed by atoms with Crippen LogP contribution in [0.2, 0.25) is 0 Å². The predicted octanol–water partition coefficient (Wildman–Crippen LogP) is -0.0310. The second-order valence-corrected chi connectivity index (χ2v) is 7.07. The Morgan fingerprint density at radius 1 is 1.56 bits per heavy atom. The molecule has 0 N–H and O–H groups in total. The maximum Gasteiger partial charge on any atom is 0.306 e. The van der Waals surface area contributed by atoms with Gasteiger partial charge in [0.05, 0.1) is 13.5 Å². The zero-order valence-corrected chi connectivity index (χ0v) is 11.1. The van der Waals surface area contributed by atoms with E-state index < -0.39 is 15.2 Å². The molecule has 94 valence electrons. The number of carbonyl (C=O) groups excluding carboxylic acids is 1. The standard InChI is InChI=1S/C9H17NO4S2/c1-14-9(11)3-4-10-5-6-15-7-8(10)16(2,12)13/h8H,3-7H2,1-2H3. The molecule has 1 aliphatic rings. The van der Waals surface area contributed by atoms with E-state index in [1.54, 1.807) is 11.8 Å². The molecule has 0 radical (unpaired) electrons. The molecule has 1 saturated heterocycles. The van der Waals surface area contributed by atoms with Gasteiger partial charge in [-0.15, -0.1) is 0 Å². The molecule has 7 heteroatoms. The van der Waals surface area contributed by atoms with E-state index in [-0.39, 0.29) is 12.4 Å². The van der Waals surface area contributed by atoms with Crippen LogP contribution < -0.4 is 0 Å². The van der Waals surface area contributed by atoms with Crippen molar-refractivity contribution in [3.05, 3.63) is 0 Å². The summed E-state index contributed by atoms with van der Waals surface area (Å²) >= 11 is 1.64. The molecule has 0 aromatic carbocycles. The van der Waals surface area contributed by atoms with Crippen molar-refractivity contribution in [2.24, 2.45) is 0 Å². The minimum Gasteiger partial charge on any atom is -0.469 e. The van der Waals surface area contributed by atoms with Crippen molar-refractivity contribution in [2.45, 2.75) is 11.8 Å². The van der Waals surface area contributed by atoms with E-state index in [9.17, 15) is 13.2 Å². The Labute approximate surface area is 100 Å². The molecule has 0 aliphatic carbocycles. The van der Waals surface area contributed by atoms with Crippen molar-refractivity contribution in [3.8, 4) is 0 Å². The minimum atomic E-state index is -3.08. The SMILES string of the molecule is COC(=O)CCN1CCSCC1S(C)(=O)=O. The monoisotopic (exact) mass is 267 g/mol. The minimum absolute atomic E-state index is 0.243. The normalized spacial score (nSPS) is 23.0. The zero-order valence-electron chi connectivity index (χ0n) is 9.51. The molecule has 0 aromatic rings. The summed E-state index contributed by atoms with van der Waals surface area (Å²) in [4.78, 5) is 12.9. The first-order valence-corrected chi connectivity index (χ1v) is 8.13. The number of hydrogen-bond acceptors (Lipinski definition) is 6. The molecule has 1 unspecified atom stereocenters. The van der Waals surface area contributed by atoms with Crippen LogP contribution in [0.1, 0.15) is 6.42 Å². The maximum absolute atomic E-state index is 11.5. The molecule has 16 heavy (non-hydrogen) atoms. The van der Waals surface area contributed by atoms with E-state index >= 15 is 0 Å². The van der Waals surface area contributed by atoms with Crippen molar-refractivity contribution in [1.29, 1.82) is 0 Å². The molecule has 1 aliphatic heterocycles. The third-order valence-electron chi connectivity index (χ3n) is 2.52. The van der Waals surface area contributed by atoms with Gasteiger partial charge in [0, 0.05) is 30.9 Å². The van der Waals surface area contributed by atoms with Crippen LogP contribution in [-0.4, -0.2) is 62.6 Å². The van der Waals surface area contributed by atoms with Gasteiger partial charge in [-0.05, 0) is 0 Å². The second kappa shape index (κ2) is 5.88. The lowest BCUT2D eigenvalue weighted by atomic mass is 10.3. The fourth-order valence-corrected chi connectivity index (χ4v) is 4.58. The Bertz CT molecular complexity index is 341. The van der Waals surface area contributed by atoms with Crippen molar-refractivity contribution in [3.63, 3.8) is 0 Å². The van der Waals surface area contributed by atoms with Crippen molar-refractivity contribution in [2.75, 3.05) is 38.0 Å². The van der Waals surface area contributed by atoms with Gasteiger partial charge in [0.1, 0.15) is 5.37 Å². The summed E-state index contributed by atoms with van der Waals surface area (Å²) in [7, 11) is -1.74. The van der Waals surface area contributed by atoms with Gasteiger partial charge < -0.3 is 4.74 Å². The van der Waals surface area contributed by atoms with E-state index in [1.807, 2.05) is 4.90 Å². The lowest BCUT2D eigenvalue weighted by molar-refractivity contribution is -0.141. The number of nitrogens with zero attached hydrogens (tertiary/aromatic N) is 1. The van der Waals surface area contributed by atoms with Gasteiger partial charge in [-0.25, -0.2) is 8.42 Å². The topological polar surface area (TPSA) is 63.7 Å². The third-order valence-corrected chi connectivity index (χ3v) is 5.20. The third kappa shape index (κ3) is 3.95. The van der Waals surface area contributed by atoms with Crippen molar-refractivity contribution >= 4 is 27.6 Å². The highest BCUT2D eigenvalue weighted by Gasteiger charge is 2.30. The van der Waals surface area contributed by atoms with Crippen LogP contribution in [0.4, 0.5) is 0 Å². The largest absolute Gasteiger partial charge is 0.469 e. The highest BCUT2D eigenvalue weighted by atomic mass is 32.2. The van der Waals surface area contributed by atoms with Crippen molar-refractivity contribution in [1.82, 2.24) is 4.90 Å². The van der Waals surface area contributed by atoms with Gasteiger partial charge in [0.25, 0.3) is 0 Å². The van der Waals surface area contributed by atoms with Crippen molar-refractivity contribution < 1.29 is 17.9 Å². The second-order valence-electron chi connectivity index (χ2n) is 3.72. The molecule has 0 bridgehead atoms. The number of sulfone groups is 1. The lowest BCUT2D eigenvalue weighted by Gasteiger charge is -2.33. The maximum atomic E-state index is 11.5. The number of methoxy groups -OCH3 is 1. The Morgan fingerprint density at radius 3 is 2.81 bits per heavy atom. The number of carbonyl (C=O) groups is 1. The summed E-state index contributed by atoms with van der Waals surface area (Å²) in [5.41, 5.74) is 0. The fraction of sp³-hybridized carbons (Fsp3) is 0.889. The van der Waals surface area contributed by atoms with Gasteiger partial charge >= 0.3 is 5.97 Å². The van der Waals surface area contributed by atoms with E-state index in [0.29, 0.717) is 18.8 Å². The van der Waals surface area contributed by atoms with E-state index in [2.05, 4.69) is 4.74 Å². The summed E-state index contributed by atoms with van der Waals surface area (Å²) in [5, 5.41) is -0.462. The summed E-state index contributed by atoms with van der Waals surface area (Å²) in [6, 6.07) is 0. The Hall–Kier alpha value is -0.270. The average Bonchev–Trinajstić information content (AvgIpc) is 2.25. The van der Waals surface area contributed by atoms with Crippen LogP contribution in [0.25, 0.3) is 0 Å². The molecule has 1 fully saturated rings. The van der Waals surface area contributed by atoms with Crippen LogP contribution >= 0.6 is 11.8 Å². The van der Waals surface area contributed by atoms with Gasteiger partial charge in [-0.1, -0.05) is 0 Å². The quantitative estimate of drug-likeness (QED) is 0.667. The number of ether oxygens (including phenoxy) is 1. The van der Waals surface area contributed by atoms with Crippen LogP contribution in [0.15, 0.2) is 0 Å². The van der Waals surface area contributed by atoms with E-state index in [0.717, 1.165) is 5.75 Å². The summed E-state index contributed by atoms with van der Waals surface area (Å²) in [5.74, 6) is 1.19. The first-order chi connectivity index (χ1) is 7.45. The molecule has 0 saturated carbocycles. The molecule has 0 aromatic heterocycles.